The number of phenols is 1. The van der Waals surface area contributed by atoms with E-state index in [-0.39, 0.29) is 11.4 Å². The molecule has 2 atom stereocenters. The van der Waals surface area contributed by atoms with E-state index in [2.05, 4.69) is 6.92 Å². The van der Waals surface area contributed by atoms with Gasteiger partial charge >= 0.3 is 5.63 Å². The second kappa shape index (κ2) is 6.52. The minimum atomic E-state index is -0.337. The van der Waals surface area contributed by atoms with Crippen LogP contribution in [0.2, 0.25) is 0 Å². The van der Waals surface area contributed by atoms with Gasteiger partial charge in [0.05, 0.1) is 23.5 Å². The highest BCUT2D eigenvalue weighted by Crippen LogP contribution is 2.30. The maximum Gasteiger partial charge on any atom is 0.344 e. The molecule has 2 N–H and O–H groups in total. The first-order valence-electron chi connectivity index (χ1n) is 9.20. The maximum atomic E-state index is 12.4. The molecule has 0 spiro atoms. The average Bonchev–Trinajstić information content (AvgIpc) is 2.65. The fourth-order valence-electron chi connectivity index (χ4n) is 4.26. The topological polar surface area (TPSA) is 54.9 Å². The largest absolute Gasteiger partial charge is 0.507 e. The Bertz CT molecular complexity index is 976. The Balaban J connectivity index is 1.88. The van der Waals surface area contributed by atoms with Crippen LogP contribution < -0.4 is 10.5 Å². The SMILES string of the molecule is CC[C@@H]1CCCC[NH+]1Cc1c(O)ccc2c1oc(=O)c1ccccc12. The third-order valence-corrected chi connectivity index (χ3v) is 5.64. The number of fused-ring (bicyclic) bond motifs is 3. The van der Waals surface area contributed by atoms with Crippen molar-refractivity contribution in [1.82, 2.24) is 0 Å². The van der Waals surface area contributed by atoms with Crippen molar-refractivity contribution in [3.8, 4) is 5.75 Å². The van der Waals surface area contributed by atoms with Crippen molar-refractivity contribution >= 4 is 21.7 Å². The third kappa shape index (κ3) is 2.81. The van der Waals surface area contributed by atoms with Crippen LogP contribution in [-0.2, 0) is 6.54 Å². The van der Waals surface area contributed by atoms with E-state index in [1.54, 1.807) is 12.1 Å². The number of phenolic OH excluding ortho intramolecular Hbond substituents is 1. The van der Waals surface area contributed by atoms with E-state index < -0.39 is 0 Å². The van der Waals surface area contributed by atoms with Gasteiger partial charge in [0.25, 0.3) is 0 Å². The van der Waals surface area contributed by atoms with Gasteiger partial charge in [-0.1, -0.05) is 25.1 Å². The van der Waals surface area contributed by atoms with E-state index in [4.69, 9.17) is 4.42 Å². The molecule has 4 heteroatoms. The van der Waals surface area contributed by atoms with Gasteiger partial charge in [-0.05, 0) is 49.3 Å². The molecule has 4 nitrogen and oxygen atoms in total. The molecule has 0 saturated carbocycles. The monoisotopic (exact) mass is 338 g/mol. The molecule has 130 valence electrons. The van der Waals surface area contributed by atoms with Crippen molar-refractivity contribution in [3.63, 3.8) is 0 Å². The van der Waals surface area contributed by atoms with Crippen LogP contribution in [-0.4, -0.2) is 17.7 Å². The summed E-state index contributed by atoms with van der Waals surface area (Å²) < 4.78 is 5.67. The Morgan fingerprint density at radius 1 is 1.12 bits per heavy atom. The number of nitrogens with one attached hydrogen (secondary N) is 1. The van der Waals surface area contributed by atoms with Gasteiger partial charge in [0.15, 0.2) is 5.58 Å². The molecule has 4 rings (SSSR count). The number of likely N-dealkylation sites (tertiary alicyclic amines) is 1. The summed E-state index contributed by atoms with van der Waals surface area (Å²) >= 11 is 0. The summed E-state index contributed by atoms with van der Waals surface area (Å²) in [6.45, 7) is 4.03. The van der Waals surface area contributed by atoms with Crippen molar-refractivity contribution in [2.45, 2.75) is 45.2 Å². The first-order chi connectivity index (χ1) is 12.2. The Hall–Kier alpha value is -2.33. The first-order valence-corrected chi connectivity index (χ1v) is 9.20. The average molecular weight is 338 g/mol. The van der Waals surface area contributed by atoms with Crippen LogP contribution in [0.25, 0.3) is 21.7 Å². The predicted molar refractivity (Wildman–Crippen MR) is 99.1 cm³/mol. The lowest BCUT2D eigenvalue weighted by Gasteiger charge is -2.32. The van der Waals surface area contributed by atoms with Crippen LogP contribution >= 0.6 is 0 Å². The summed E-state index contributed by atoms with van der Waals surface area (Å²) in [7, 11) is 0. The zero-order valence-electron chi connectivity index (χ0n) is 14.5. The van der Waals surface area contributed by atoms with E-state index >= 15 is 0 Å². The molecule has 0 radical (unpaired) electrons. The third-order valence-electron chi connectivity index (χ3n) is 5.64. The lowest BCUT2D eigenvalue weighted by Crippen LogP contribution is -3.15. The summed E-state index contributed by atoms with van der Waals surface area (Å²) in [6.07, 6.45) is 4.85. The second-order valence-electron chi connectivity index (χ2n) is 7.06. The molecule has 0 amide bonds. The maximum absolute atomic E-state index is 12.4. The summed E-state index contributed by atoms with van der Waals surface area (Å²) in [6, 6.07) is 11.7. The van der Waals surface area contributed by atoms with Crippen molar-refractivity contribution < 1.29 is 14.4 Å². The standard InChI is InChI=1S/C21H23NO3/c1-2-14-7-5-6-12-22(14)13-18-19(23)11-10-16-15-8-3-4-9-17(15)21(24)25-20(16)18/h3-4,8-11,14,23H,2,5-7,12-13H2,1H3/p+1/t14-/m1/s1. The lowest BCUT2D eigenvalue weighted by atomic mass is 9.98. The van der Waals surface area contributed by atoms with Crippen molar-refractivity contribution in [2.24, 2.45) is 0 Å². The van der Waals surface area contributed by atoms with Crippen LogP contribution in [0, 0.1) is 0 Å². The molecule has 2 aromatic carbocycles. The van der Waals surface area contributed by atoms with Crippen LogP contribution in [0.15, 0.2) is 45.6 Å². The number of piperidine rings is 1. The molecule has 1 unspecified atom stereocenters. The number of quaternary nitrogens is 1. The van der Waals surface area contributed by atoms with Crippen molar-refractivity contribution in [2.75, 3.05) is 6.54 Å². The Labute approximate surface area is 146 Å². The zero-order chi connectivity index (χ0) is 17.4. The van der Waals surface area contributed by atoms with E-state index in [1.165, 1.54) is 24.2 Å². The van der Waals surface area contributed by atoms with Gasteiger partial charge in [-0.3, -0.25) is 0 Å². The molecular formula is C21H24NO3+. The van der Waals surface area contributed by atoms with Gasteiger partial charge in [0, 0.05) is 5.39 Å². The van der Waals surface area contributed by atoms with E-state index in [9.17, 15) is 9.90 Å². The number of hydrogen-bond acceptors (Lipinski definition) is 3. The molecule has 1 aliphatic heterocycles. The molecule has 1 aromatic heterocycles. The molecule has 1 saturated heterocycles. The lowest BCUT2D eigenvalue weighted by molar-refractivity contribution is -0.944. The summed E-state index contributed by atoms with van der Waals surface area (Å²) in [4.78, 5) is 13.9. The molecule has 25 heavy (non-hydrogen) atoms. The van der Waals surface area contributed by atoms with Crippen molar-refractivity contribution in [1.29, 1.82) is 0 Å². The quantitative estimate of drug-likeness (QED) is 0.570. The minimum absolute atomic E-state index is 0.221. The molecule has 1 aliphatic rings. The molecule has 1 fully saturated rings. The van der Waals surface area contributed by atoms with Crippen LogP contribution in [0.1, 0.15) is 38.2 Å². The Kier molecular flexibility index (Phi) is 4.22. The van der Waals surface area contributed by atoms with E-state index in [0.717, 1.165) is 29.3 Å². The fraction of sp³-hybridized carbons (Fsp3) is 0.381. The van der Waals surface area contributed by atoms with Gasteiger partial charge in [0.1, 0.15) is 12.3 Å². The second-order valence-corrected chi connectivity index (χ2v) is 7.06. The summed E-state index contributed by atoms with van der Waals surface area (Å²) in [5.74, 6) is 0.221. The molecule has 3 aromatic rings. The molecule has 2 heterocycles. The van der Waals surface area contributed by atoms with Crippen LogP contribution in [0.5, 0.6) is 5.75 Å². The van der Waals surface area contributed by atoms with Gasteiger partial charge < -0.3 is 14.4 Å². The number of aromatic hydroxyl groups is 1. The summed E-state index contributed by atoms with van der Waals surface area (Å²) in [5, 5.41) is 12.9. The van der Waals surface area contributed by atoms with Gasteiger partial charge in [-0.25, -0.2) is 4.79 Å². The predicted octanol–water partition coefficient (Wildman–Crippen LogP) is 3.00. The fourth-order valence-corrected chi connectivity index (χ4v) is 4.26. The van der Waals surface area contributed by atoms with E-state index in [0.29, 0.717) is 23.6 Å². The van der Waals surface area contributed by atoms with Crippen LogP contribution in [0.3, 0.4) is 0 Å². The van der Waals surface area contributed by atoms with Gasteiger partial charge in [-0.15, -0.1) is 0 Å². The van der Waals surface area contributed by atoms with Gasteiger partial charge in [-0.2, -0.15) is 0 Å². The smallest absolute Gasteiger partial charge is 0.344 e. The Morgan fingerprint density at radius 2 is 1.92 bits per heavy atom. The summed E-state index contributed by atoms with van der Waals surface area (Å²) in [5.41, 5.74) is 0.961. The van der Waals surface area contributed by atoms with Crippen molar-refractivity contribution in [3.05, 3.63) is 52.4 Å². The molecule has 0 aliphatic carbocycles. The zero-order valence-corrected chi connectivity index (χ0v) is 14.5. The molecule has 0 bridgehead atoms. The molecular weight excluding hydrogens is 314 g/mol. The highest BCUT2D eigenvalue weighted by atomic mass is 16.4. The Morgan fingerprint density at radius 3 is 2.72 bits per heavy atom. The van der Waals surface area contributed by atoms with Gasteiger partial charge in [0.2, 0.25) is 0 Å². The first kappa shape index (κ1) is 16.2. The highest BCUT2D eigenvalue weighted by Gasteiger charge is 2.27. The number of hydrogen-bond donors (Lipinski definition) is 2. The minimum Gasteiger partial charge on any atom is -0.507 e. The van der Waals surface area contributed by atoms with Crippen LogP contribution in [0.4, 0.5) is 0 Å². The number of benzene rings is 2. The highest BCUT2D eigenvalue weighted by molar-refractivity contribution is 6.05. The normalized spacial score (nSPS) is 21.0. The van der Waals surface area contributed by atoms with E-state index in [1.807, 2.05) is 24.3 Å². The number of rotatable bonds is 3.